The molecule has 0 aliphatic heterocycles. The maximum absolute atomic E-state index is 7.13. The van der Waals surface area contributed by atoms with Crippen molar-refractivity contribution in [3.63, 3.8) is 0 Å². The van der Waals surface area contributed by atoms with E-state index in [0.717, 1.165) is 0 Å². The third-order valence-corrected chi connectivity index (χ3v) is 0. The van der Waals surface area contributed by atoms with Crippen molar-refractivity contribution >= 4 is 32.9 Å². The molecule has 0 heterocycles. The van der Waals surface area contributed by atoms with Gasteiger partial charge in [0.25, 0.3) is 0 Å². The first-order valence-electron chi connectivity index (χ1n) is 0.680. The summed E-state index contributed by atoms with van der Waals surface area (Å²) in [6.45, 7) is 0. The molecule has 6 heavy (non-hydrogen) atoms. The second-order valence-corrected chi connectivity index (χ2v) is 2.04. The Hall–Kier alpha value is 0.796. The number of nitrogens with zero attached hydrogens (tertiary/aromatic N) is 1. The van der Waals surface area contributed by atoms with Crippen LogP contribution in [0.25, 0.3) is 0 Å². The third kappa shape index (κ3) is 109. The summed E-state index contributed by atoms with van der Waals surface area (Å²) in [6, 6.07) is 0. The van der Waals surface area contributed by atoms with Crippen molar-refractivity contribution in [2.24, 2.45) is 0 Å². The van der Waals surface area contributed by atoms with Gasteiger partial charge < -0.3 is 12.6 Å². The van der Waals surface area contributed by atoms with Gasteiger partial charge in [-0.05, 0) is 0 Å². The molecule has 0 fully saturated rings. The van der Waals surface area contributed by atoms with Crippen molar-refractivity contribution < 1.29 is 12.9 Å². The predicted octanol–water partition coefficient (Wildman–Crippen LogP) is 1.39. The molecule has 0 bridgehead atoms. The van der Waals surface area contributed by atoms with Gasteiger partial charge in [0, 0.05) is 0 Å². The fourth-order valence-corrected chi connectivity index (χ4v) is 0. The van der Waals surface area contributed by atoms with E-state index in [-0.39, 0.29) is 0 Å². The molecule has 0 radical (unpaired) electrons. The molecule has 0 saturated carbocycles. The van der Waals surface area contributed by atoms with Crippen LogP contribution in [0.3, 0.4) is 0 Å². The summed E-state index contributed by atoms with van der Waals surface area (Å²) in [7, 11) is 9.47. The number of rotatable bonds is 0. The van der Waals surface area contributed by atoms with Gasteiger partial charge in [0.15, 0.2) is 0 Å². The Morgan fingerprint density at radius 1 is 1.67 bits per heavy atom. The van der Waals surface area contributed by atoms with Gasteiger partial charge in [0.1, 0.15) is 0 Å². The quantitative estimate of drug-likeness (QED) is 0.423. The topological polar surface area (TPSA) is 23.8 Å². The van der Waals surface area contributed by atoms with Gasteiger partial charge in [0.2, 0.25) is 0 Å². The van der Waals surface area contributed by atoms with E-state index >= 15 is 0 Å². The minimum atomic E-state index is 0.382. The van der Waals surface area contributed by atoms with Crippen molar-refractivity contribution in [1.82, 2.24) is 0 Å². The Kier molecular flexibility index (Phi) is 28.2. The van der Waals surface area contributed by atoms with E-state index in [1.165, 1.54) is 5.40 Å². The summed E-state index contributed by atoms with van der Waals surface area (Å²) in [6.07, 6.45) is 0. The van der Waals surface area contributed by atoms with E-state index in [0.29, 0.717) is 12.9 Å². The van der Waals surface area contributed by atoms with Crippen molar-refractivity contribution in [2.45, 2.75) is 0 Å². The standard InChI is InChI=1S/CHNS.2ClH.Co/c2-1-3;;;/h3H;2*1H;/q;;;+3/p-3. The van der Waals surface area contributed by atoms with E-state index in [9.17, 15) is 0 Å². The summed E-state index contributed by atoms with van der Waals surface area (Å²) < 4.78 is 0. The van der Waals surface area contributed by atoms with E-state index in [2.05, 4.69) is 12.6 Å². The van der Waals surface area contributed by atoms with Crippen LogP contribution in [0.4, 0.5) is 0 Å². The van der Waals surface area contributed by atoms with Crippen molar-refractivity contribution in [3.05, 3.63) is 0 Å². The Labute approximate surface area is 56.5 Å². The van der Waals surface area contributed by atoms with Gasteiger partial charge in [0.05, 0.1) is 0 Å². The predicted molar refractivity (Wildman–Crippen MR) is 24.7 cm³/mol. The average molecular weight is 188 g/mol. The fourth-order valence-electron chi connectivity index (χ4n) is 0. The second-order valence-electron chi connectivity index (χ2n) is 0.139. The molecule has 0 amide bonds. The number of hydrogen-bond acceptors (Lipinski definition) is 2. The first-order chi connectivity index (χ1) is 2.83. The van der Waals surface area contributed by atoms with Crippen molar-refractivity contribution in [2.75, 3.05) is 0 Å². The molecule has 0 aromatic heterocycles. The van der Waals surface area contributed by atoms with Gasteiger partial charge in [-0.1, -0.05) is 5.40 Å². The monoisotopic (exact) mass is 187 g/mol. The summed E-state index contributed by atoms with van der Waals surface area (Å²) in [4.78, 5) is 0. The summed E-state index contributed by atoms with van der Waals surface area (Å²) in [5.41, 5.74) is 0. The van der Waals surface area contributed by atoms with E-state index in [4.69, 9.17) is 25.6 Å². The second kappa shape index (κ2) is 17.1. The Bertz CT molecular complexity index is 43.3. The van der Waals surface area contributed by atoms with Crippen molar-refractivity contribution in [3.8, 4) is 5.40 Å². The van der Waals surface area contributed by atoms with Crippen LogP contribution in [-0.4, -0.2) is 0 Å². The van der Waals surface area contributed by atoms with Crippen molar-refractivity contribution in [1.29, 1.82) is 5.26 Å². The van der Waals surface area contributed by atoms with Gasteiger partial charge in [-0.25, -0.2) is 5.26 Å². The van der Waals surface area contributed by atoms with Gasteiger partial charge in [-0.15, -0.1) is 0 Å². The molecule has 5 heteroatoms. The summed E-state index contributed by atoms with van der Waals surface area (Å²) in [5.74, 6) is 0. The van der Waals surface area contributed by atoms with Crippen LogP contribution in [0, 0.1) is 10.7 Å². The maximum atomic E-state index is 7.13. The summed E-state index contributed by atoms with van der Waals surface area (Å²) in [5, 5.41) is 8.47. The van der Waals surface area contributed by atoms with Crippen LogP contribution >= 0.6 is 20.3 Å². The number of nitriles is 1. The first kappa shape index (κ1) is 9.93. The van der Waals surface area contributed by atoms with E-state index in [1.807, 2.05) is 0 Å². The molecule has 0 spiro atoms. The number of halogens is 2. The SMILES string of the molecule is N#C[S-].[Cl][Co+][Cl]. The van der Waals surface area contributed by atoms with Gasteiger partial charge in [-0.3, -0.25) is 0 Å². The average Bonchev–Trinajstić information content (AvgIpc) is 1.39. The molecular formula is CCl2CoNS. The third-order valence-electron chi connectivity index (χ3n) is 0. The van der Waals surface area contributed by atoms with E-state index in [1.54, 1.807) is 0 Å². The molecule has 0 aromatic rings. The van der Waals surface area contributed by atoms with Gasteiger partial charge in [-0.2, -0.15) is 0 Å². The Balaban J connectivity index is 0. The fraction of sp³-hybridized carbons (Fsp3) is 0. The number of thiocyanates is 1. The first-order valence-corrected chi connectivity index (χ1v) is 3.95. The summed E-state index contributed by atoms with van der Waals surface area (Å²) >= 11 is 4.08. The zero-order valence-corrected chi connectivity index (χ0v) is 5.81. The van der Waals surface area contributed by atoms with Crippen LogP contribution in [0.2, 0.25) is 0 Å². The molecule has 0 rings (SSSR count). The normalized spacial score (nSPS) is 4.83. The minimum absolute atomic E-state index is 0.382. The zero-order valence-electron chi connectivity index (χ0n) is 2.44. The van der Waals surface area contributed by atoms with Crippen LogP contribution in [-0.2, 0) is 25.5 Å². The Morgan fingerprint density at radius 3 is 1.67 bits per heavy atom. The van der Waals surface area contributed by atoms with Crippen LogP contribution in [0.1, 0.15) is 0 Å². The molecule has 0 N–H and O–H groups in total. The molecule has 0 aliphatic carbocycles. The molecular weight excluding hydrogens is 188 g/mol. The molecule has 0 unspecified atom stereocenters. The molecule has 0 aliphatic rings. The molecule has 0 saturated heterocycles. The molecule has 0 aromatic carbocycles. The number of hydrogen-bond donors (Lipinski definition) is 0. The van der Waals surface area contributed by atoms with Crippen LogP contribution < -0.4 is 0 Å². The van der Waals surface area contributed by atoms with E-state index < -0.39 is 0 Å². The van der Waals surface area contributed by atoms with Gasteiger partial charge >= 0.3 is 33.2 Å². The Morgan fingerprint density at radius 2 is 1.67 bits per heavy atom. The van der Waals surface area contributed by atoms with Crippen LogP contribution in [0.5, 0.6) is 0 Å². The molecule has 0 atom stereocenters. The molecule has 1 nitrogen and oxygen atoms in total. The van der Waals surface area contributed by atoms with Crippen LogP contribution in [0.15, 0.2) is 0 Å². The molecule has 38 valence electrons. The zero-order chi connectivity index (χ0) is 5.41.